The lowest BCUT2D eigenvalue weighted by atomic mass is 10.1. The first-order valence-electron chi connectivity index (χ1n) is 5.06. The molecule has 0 aliphatic carbocycles. The SMILES string of the molecule is Cc1[nH]c2cc(Br)ccc2c1CCC(=O)O. The number of halogens is 1. The van der Waals surface area contributed by atoms with Gasteiger partial charge in [0.2, 0.25) is 0 Å². The summed E-state index contributed by atoms with van der Waals surface area (Å²) in [7, 11) is 0. The summed E-state index contributed by atoms with van der Waals surface area (Å²) in [5, 5.41) is 9.81. The molecule has 0 spiro atoms. The maximum absolute atomic E-state index is 10.6. The molecule has 4 heteroatoms. The lowest BCUT2D eigenvalue weighted by Gasteiger charge is -1.98. The van der Waals surface area contributed by atoms with Gasteiger partial charge < -0.3 is 10.1 Å². The van der Waals surface area contributed by atoms with Crippen molar-refractivity contribution in [3.63, 3.8) is 0 Å². The average Bonchev–Trinajstić information content (AvgIpc) is 2.50. The Labute approximate surface area is 102 Å². The summed E-state index contributed by atoms with van der Waals surface area (Å²) in [6.45, 7) is 1.98. The molecule has 0 atom stereocenters. The second kappa shape index (κ2) is 4.29. The molecule has 0 unspecified atom stereocenters. The number of aliphatic carboxylic acids is 1. The van der Waals surface area contributed by atoms with Crippen LogP contribution in [0.5, 0.6) is 0 Å². The van der Waals surface area contributed by atoms with Crippen LogP contribution in [0.25, 0.3) is 10.9 Å². The molecule has 3 nitrogen and oxygen atoms in total. The van der Waals surface area contributed by atoms with Crippen molar-refractivity contribution in [1.82, 2.24) is 4.98 Å². The van der Waals surface area contributed by atoms with E-state index in [1.54, 1.807) is 0 Å². The Balaban J connectivity index is 2.43. The molecule has 0 radical (unpaired) electrons. The van der Waals surface area contributed by atoms with Gasteiger partial charge in [0.1, 0.15) is 0 Å². The number of carboxylic acid groups (broad SMARTS) is 1. The second-order valence-corrected chi connectivity index (χ2v) is 4.73. The molecule has 1 heterocycles. The number of rotatable bonds is 3. The van der Waals surface area contributed by atoms with E-state index in [2.05, 4.69) is 20.9 Å². The van der Waals surface area contributed by atoms with Crippen LogP contribution >= 0.6 is 15.9 Å². The molecule has 0 aliphatic rings. The Kier molecular flexibility index (Phi) is 3.01. The van der Waals surface area contributed by atoms with Crippen molar-refractivity contribution in [3.05, 3.63) is 33.9 Å². The molecular formula is C12H12BrNO2. The molecule has 2 rings (SSSR count). The molecule has 0 bridgehead atoms. The van der Waals surface area contributed by atoms with Gasteiger partial charge in [-0.15, -0.1) is 0 Å². The molecule has 0 fully saturated rings. The largest absolute Gasteiger partial charge is 0.481 e. The highest BCUT2D eigenvalue weighted by Gasteiger charge is 2.09. The molecule has 2 aromatic rings. The number of carbonyl (C=O) groups is 1. The van der Waals surface area contributed by atoms with Gasteiger partial charge in [-0.3, -0.25) is 4.79 Å². The highest BCUT2D eigenvalue weighted by Crippen LogP contribution is 2.26. The van der Waals surface area contributed by atoms with E-state index in [1.165, 1.54) is 0 Å². The third-order valence-corrected chi connectivity index (χ3v) is 3.16. The highest BCUT2D eigenvalue weighted by molar-refractivity contribution is 9.10. The number of fused-ring (bicyclic) bond motifs is 1. The number of H-pyrrole nitrogens is 1. The Hall–Kier alpha value is -1.29. The fourth-order valence-electron chi connectivity index (χ4n) is 1.92. The van der Waals surface area contributed by atoms with Gasteiger partial charge in [-0.25, -0.2) is 0 Å². The van der Waals surface area contributed by atoms with E-state index in [4.69, 9.17) is 5.11 Å². The zero-order valence-corrected chi connectivity index (χ0v) is 10.5. The average molecular weight is 282 g/mol. The van der Waals surface area contributed by atoms with Gasteiger partial charge in [0, 0.05) is 27.5 Å². The topological polar surface area (TPSA) is 53.1 Å². The van der Waals surface area contributed by atoms with E-state index >= 15 is 0 Å². The molecule has 0 aliphatic heterocycles. The molecule has 1 aromatic carbocycles. The molecule has 0 amide bonds. The highest BCUT2D eigenvalue weighted by atomic mass is 79.9. The van der Waals surface area contributed by atoms with Crippen molar-refractivity contribution < 1.29 is 9.90 Å². The van der Waals surface area contributed by atoms with Gasteiger partial charge in [-0.05, 0) is 31.0 Å². The third kappa shape index (κ3) is 2.11. The summed E-state index contributed by atoms with van der Waals surface area (Å²) < 4.78 is 1.02. The van der Waals surface area contributed by atoms with Crippen LogP contribution in [0, 0.1) is 6.92 Å². The van der Waals surface area contributed by atoms with Gasteiger partial charge in [0.15, 0.2) is 0 Å². The van der Waals surface area contributed by atoms with E-state index < -0.39 is 5.97 Å². The van der Waals surface area contributed by atoms with Crippen LogP contribution in [0.3, 0.4) is 0 Å². The fourth-order valence-corrected chi connectivity index (χ4v) is 2.28. The lowest BCUT2D eigenvalue weighted by molar-refractivity contribution is -0.136. The van der Waals surface area contributed by atoms with Gasteiger partial charge >= 0.3 is 5.97 Å². The summed E-state index contributed by atoms with van der Waals surface area (Å²) in [6, 6.07) is 5.99. The minimum Gasteiger partial charge on any atom is -0.481 e. The first kappa shape index (κ1) is 11.2. The van der Waals surface area contributed by atoms with Crippen LogP contribution < -0.4 is 0 Å². The monoisotopic (exact) mass is 281 g/mol. The molecule has 16 heavy (non-hydrogen) atoms. The van der Waals surface area contributed by atoms with Gasteiger partial charge in [-0.2, -0.15) is 0 Å². The maximum Gasteiger partial charge on any atom is 0.303 e. The minimum atomic E-state index is -0.758. The van der Waals surface area contributed by atoms with Crippen molar-refractivity contribution in [2.75, 3.05) is 0 Å². The zero-order valence-electron chi connectivity index (χ0n) is 8.88. The number of nitrogens with one attached hydrogen (secondary N) is 1. The van der Waals surface area contributed by atoms with Gasteiger partial charge in [0.05, 0.1) is 0 Å². The molecule has 84 valence electrons. The van der Waals surface area contributed by atoms with Crippen LogP contribution in [0.2, 0.25) is 0 Å². The summed E-state index contributed by atoms with van der Waals surface area (Å²) in [6.07, 6.45) is 0.743. The maximum atomic E-state index is 10.6. The lowest BCUT2D eigenvalue weighted by Crippen LogP contribution is -1.97. The van der Waals surface area contributed by atoms with Gasteiger partial charge in [0.25, 0.3) is 0 Å². The normalized spacial score (nSPS) is 10.9. The van der Waals surface area contributed by atoms with Crippen molar-refractivity contribution in [2.45, 2.75) is 19.8 Å². The van der Waals surface area contributed by atoms with E-state index in [-0.39, 0.29) is 6.42 Å². The number of aryl methyl sites for hydroxylation is 2. The summed E-state index contributed by atoms with van der Waals surface area (Å²) >= 11 is 3.41. The number of carboxylic acids is 1. The fraction of sp³-hybridized carbons (Fsp3) is 0.250. The molecule has 0 saturated carbocycles. The standard InChI is InChI=1S/C12H12BrNO2/c1-7-9(4-5-12(15)16)10-3-2-8(13)6-11(10)14-7/h2-3,6,14H,4-5H2,1H3,(H,15,16). The smallest absolute Gasteiger partial charge is 0.303 e. The first-order chi connectivity index (χ1) is 7.58. The molecular weight excluding hydrogens is 270 g/mol. The zero-order chi connectivity index (χ0) is 11.7. The number of hydrogen-bond acceptors (Lipinski definition) is 1. The predicted octanol–water partition coefficient (Wildman–Crippen LogP) is 3.26. The summed E-state index contributed by atoms with van der Waals surface area (Å²) in [4.78, 5) is 13.8. The van der Waals surface area contributed by atoms with E-state index in [1.807, 2.05) is 25.1 Å². The van der Waals surface area contributed by atoms with Crippen molar-refractivity contribution >= 4 is 32.8 Å². The number of benzene rings is 1. The summed E-state index contributed by atoms with van der Waals surface area (Å²) in [5.41, 5.74) is 3.20. The predicted molar refractivity (Wildman–Crippen MR) is 66.7 cm³/mol. The molecule has 2 N–H and O–H groups in total. The Bertz CT molecular complexity index is 545. The van der Waals surface area contributed by atoms with E-state index in [0.29, 0.717) is 6.42 Å². The summed E-state index contributed by atoms with van der Waals surface area (Å²) in [5.74, 6) is -0.758. The van der Waals surface area contributed by atoms with Crippen molar-refractivity contribution in [3.8, 4) is 0 Å². The van der Waals surface area contributed by atoms with Crippen LogP contribution in [-0.2, 0) is 11.2 Å². The Morgan fingerprint density at radius 3 is 2.94 bits per heavy atom. The third-order valence-electron chi connectivity index (χ3n) is 2.67. The van der Waals surface area contributed by atoms with Crippen LogP contribution in [0.15, 0.2) is 22.7 Å². The van der Waals surface area contributed by atoms with Crippen LogP contribution in [0.1, 0.15) is 17.7 Å². The van der Waals surface area contributed by atoms with Crippen LogP contribution in [-0.4, -0.2) is 16.1 Å². The van der Waals surface area contributed by atoms with E-state index in [0.717, 1.165) is 26.6 Å². The number of hydrogen-bond donors (Lipinski definition) is 2. The van der Waals surface area contributed by atoms with Gasteiger partial charge in [-0.1, -0.05) is 22.0 Å². The Morgan fingerprint density at radius 1 is 1.50 bits per heavy atom. The van der Waals surface area contributed by atoms with Crippen molar-refractivity contribution in [1.29, 1.82) is 0 Å². The second-order valence-electron chi connectivity index (χ2n) is 3.81. The quantitative estimate of drug-likeness (QED) is 0.907. The minimum absolute atomic E-state index is 0.170. The van der Waals surface area contributed by atoms with E-state index in [9.17, 15) is 4.79 Å². The molecule has 0 saturated heterocycles. The van der Waals surface area contributed by atoms with Crippen molar-refractivity contribution in [2.24, 2.45) is 0 Å². The molecule has 1 aromatic heterocycles. The first-order valence-corrected chi connectivity index (χ1v) is 5.85. The van der Waals surface area contributed by atoms with Crippen LogP contribution in [0.4, 0.5) is 0 Å². The number of aromatic amines is 1. The number of aromatic nitrogens is 1. The Morgan fingerprint density at radius 2 is 2.25 bits per heavy atom.